The Balaban J connectivity index is 2.12. The van der Waals surface area contributed by atoms with Crippen molar-refractivity contribution in [1.29, 1.82) is 0 Å². The van der Waals surface area contributed by atoms with Gasteiger partial charge in [0.25, 0.3) is 5.56 Å². The maximum Gasteiger partial charge on any atom is 0.290 e. The van der Waals surface area contributed by atoms with E-state index in [0.29, 0.717) is 18.7 Å². The van der Waals surface area contributed by atoms with E-state index in [4.69, 9.17) is 11.6 Å². The molecule has 1 fully saturated rings. The SMILES string of the molecule is CCCn1c(C(C(=O)CC)(c2ccccc2)N2CCCCC2)c(Cl)c(=O)n1-c1ccccc1. The second kappa shape index (κ2) is 10.1. The van der Waals surface area contributed by atoms with Crippen molar-refractivity contribution in [3.63, 3.8) is 0 Å². The number of aromatic nitrogens is 2. The van der Waals surface area contributed by atoms with E-state index in [1.54, 1.807) is 4.68 Å². The number of likely N-dealkylation sites (tertiary alicyclic amines) is 1. The summed E-state index contributed by atoms with van der Waals surface area (Å²) in [5, 5.41) is 0.128. The molecule has 6 heteroatoms. The Labute approximate surface area is 200 Å². The van der Waals surface area contributed by atoms with Crippen LogP contribution in [0.4, 0.5) is 0 Å². The number of halogens is 1. The topological polar surface area (TPSA) is 47.2 Å². The van der Waals surface area contributed by atoms with Gasteiger partial charge in [0.15, 0.2) is 5.78 Å². The van der Waals surface area contributed by atoms with Crippen LogP contribution in [0.25, 0.3) is 5.69 Å². The average Bonchev–Trinajstić information content (AvgIpc) is 3.11. The lowest BCUT2D eigenvalue weighted by atomic mass is 9.78. The van der Waals surface area contributed by atoms with Gasteiger partial charge < -0.3 is 0 Å². The highest BCUT2D eigenvalue weighted by Gasteiger charge is 2.51. The molecular weight excluding hydrogens is 434 g/mol. The van der Waals surface area contributed by atoms with E-state index in [2.05, 4.69) is 11.8 Å². The number of para-hydroxylation sites is 1. The molecule has 0 amide bonds. The second-order valence-corrected chi connectivity index (χ2v) is 9.02. The van der Waals surface area contributed by atoms with Gasteiger partial charge in [-0.2, -0.15) is 0 Å². The smallest absolute Gasteiger partial charge is 0.290 e. The highest BCUT2D eigenvalue weighted by atomic mass is 35.5. The zero-order valence-corrected chi connectivity index (χ0v) is 20.2. The third-order valence-corrected chi connectivity index (χ3v) is 6.95. The summed E-state index contributed by atoms with van der Waals surface area (Å²) in [7, 11) is 0. The minimum Gasteiger partial charge on any atom is -0.297 e. The molecule has 0 spiro atoms. The fourth-order valence-electron chi connectivity index (χ4n) is 5.22. The van der Waals surface area contributed by atoms with Crippen molar-refractivity contribution in [2.24, 2.45) is 0 Å². The number of hydrogen-bond acceptors (Lipinski definition) is 3. The van der Waals surface area contributed by atoms with E-state index in [1.165, 1.54) is 0 Å². The third kappa shape index (κ3) is 3.98. The summed E-state index contributed by atoms with van der Waals surface area (Å²) in [5.41, 5.74) is 0.818. The van der Waals surface area contributed by atoms with Crippen LogP contribution in [-0.2, 0) is 16.9 Å². The Morgan fingerprint density at radius 1 is 0.939 bits per heavy atom. The summed E-state index contributed by atoms with van der Waals surface area (Å²) >= 11 is 6.93. The number of benzene rings is 2. The fourth-order valence-corrected chi connectivity index (χ4v) is 5.53. The summed E-state index contributed by atoms with van der Waals surface area (Å²) in [6.45, 7) is 6.12. The summed E-state index contributed by atoms with van der Waals surface area (Å²) < 4.78 is 3.60. The van der Waals surface area contributed by atoms with Crippen LogP contribution in [0.5, 0.6) is 0 Å². The lowest BCUT2D eigenvalue weighted by Crippen LogP contribution is -2.56. The third-order valence-electron chi connectivity index (χ3n) is 6.61. The summed E-state index contributed by atoms with van der Waals surface area (Å²) in [4.78, 5) is 30.0. The Bertz CT molecular complexity index is 1150. The van der Waals surface area contributed by atoms with E-state index >= 15 is 0 Å². The maximum absolute atomic E-state index is 14.1. The van der Waals surface area contributed by atoms with Crippen molar-refractivity contribution in [1.82, 2.24) is 14.3 Å². The monoisotopic (exact) mass is 465 g/mol. The van der Waals surface area contributed by atoms with Gasteiger partial charge in [0, 0.05) is 13.0 Å². The minimum atomic E-state index is -1.11. The molecule has 0 aliphatic carbocycles. The van der Waals surface area contributed by atoms with Crippen LogP contribution < -0.4 is 5.56 Å². The number of carbonyl (C=O) groups is 1. The molecule has 4 rings (SSSR count). The Hall–Kier alpha value is -2.63. The molecule has 174 valence electrons. The van der Waals surface area contributed by atoms with Crippen LogP contribution in [0, 0.1) is 0 Å². The van der Waals surface area contributed by atoms with Crippen LogP contribution in [0.3, 0.4) is 0 Å². The fraction of sp³-hybridized carbons (Fsp3) is 0.407. The van der Waals surface area contributed by atoms with E-state index in [1.807, 2.05) is 72.3 Å². The Morgan fingerprint density at radius 3 is 2.12 bits per heavy atom. The van der Waals surface area contributed by atoms with Gasteiger partial charge in [0.05, 0.1) is 11.4 Å². The molecule has 1 aliphatic rings. The van der Waals surface area contributed by atoms with E-state index < -0.39 is 5.54 Å². The summed E-state index contributed by atoms with van der Waals surface area (Å²) in [5.74, 6) is 0.0626. The highest BCUT2D eigenvalue weighted by molar-refractivity contribution is 6.31. The molecular formula is C27H32ClN3O2. The van der Waals surface area contributed by atoms with Gasteiger partial charge >= 0.3 is 0 Å². The van der Waals surface area contributed by atoms with Crippen LogP contribution in [0.15, 0.2) is 65.5 Å². The van der Waals surface area contributed by atoms with Crippen LogP contribution in [0.2, 0.25) is 5.02 Å². The first-order chi connectivity index (χ1) is 16.1. The number of hydrogen-bond donors (Lipinski definition) is 0. The van der Waals surface area contributed by atoms with Gasteiger partial charge in [-0.1, -0.05) is 80.4 Å². The standard InChI is InChI=1S/C27H32ClN3O2/c1-3-18-30-25(24(28)26(33)31(30)22-16-10-6-11-17-22)27(23(32)4-2,21-14-8-5-9-15-21)29-19-12-7-13-20-29/h5-6,8-11,14-17H,3-4,7,12-13,18-20H2,1-2H3. The van der Waals surface area contributed by atoms with Crippen molar-refractivity contribution in [3.05, 3.63) is 87.3 Å². The predicted octanol–water partition coefficient (Wildman–Crippen LogP) is 5.41. The zero-order valence-electron chi connectivity index (χ0n) is 19.5. The molecule has 3 aromatic rings. The number of nitrogens with zero attached hydrogens (tertiary/aromatic N) is 3. The van der Waals surface area contributed by atoms with Gasteiger partial charge in [-0.3, -0.25) is 19.2 Å². The Kier molecular flexibility index (Phi) is 7.20. The first kappa shape index (κ1) is 23.5. The number of ketones is 1. The number of rotatable bonds is 8. The van der Waals surface area contributed by atoms with Crippen molar-refractivity contribution in [2.75, 3.05) is 13.1 Å². The van der Waals surface area contributed by atoms with Crippen molar-refractivity contribution < 1.29 is 4.79 Å². The van der Waals surface area contributed by atoms with Gasteiger partial charge in [0.1, 0.15) is 10.6 Å². The van der Waals surface area contributed by atoms with Gasteiger partial charge in [-0.25, -0.2) is 4.68 Å². The van der Waals surface area contributed by atoms with Crippen LogP contribution in [-0.4, -0.2) is 33.1 Å². The average molecular weight is 466 g/mol. The molecule has 0 saturated carbocycles. The van der Waals surface area contributed by atoms with E-state index in [0.717, 1.165) is 50.0 Å². The summed E-state index contributed by atoms with van der Waals surface area (Å²) in [6, 6.07) is 19.4. The lowest BCUT2D eigenvalue weighted by Gasteiger charge is -2.45. The molecule has 0 radical (unpaired) electrons. The molecule has 1 atom stereocenters. The largest absolute Gasteiger partial charge is 0.297 e. The molecule has 1 saturated heterocycles. The first-order valence-electron chi connectivity index (χ1n) is 12.0. The highest BCUT2D eigenvalue weighted by Crippen LogP contribution is 2.42. The molecule has 1 aromatic heterocycles. The predicted molar refractivity (Wildman–Crippen MR) is 133 cm³/mol. The molecule has 0 N–H and O–H groups in total. The summed E-state index contributed by atoms with van der Waals surface area (Å²) in [6.07, 6.45) is 4.32. The van der Waals surface area contributed by atoms with Crippen molar-refractivity contribution in [2.45, 2.75) is 58.0 Å². The van der Waals surface area contributed by atoms with E-state index in [9.17, 15) is 9.59 Å². The second-order valence-electron chi connectivity index (χ2n) is 8.64. The molecule has 2 aromatic carbocycles. The lowest BCUT2D eigenvalue weighted by molar-refractivity contribution is -0.130. The van der Waals surface area contributed by atoms with Crippen molar-refractivity contribution >= 4 is 17.4 Å². The molecule has 33 heavy (non-hydrogen) atoms. The maximum atomic E-state index is 14.1. The van der Waals surface area contributed by atoms with Crippen LogP contribution in [0.1, 0.15) is 57.2 Å². The normalized spacial score (nSPS) is 16.5. The molecule has 0 bridgehead atoms. The molecule has 5 nitrogen and oxygen atoms in total. The number of Topliss-reactive ketones (excluding diaryl/α,β-unsaturated/α-hetero) is 1. The Morgan fingerprint density at radius 2 is 1.55 bits per heavy atom. The van der Waals surface area contributed by atoms with E-state index in [-0.39, 0.29) is 16.4 Å². The van der Waals surface area contributed by atoms with Crippen LogP contribution >= 0.6 is 11.6 Å². The number of carbonyl (C=O) groups excluding carboxylic acids is 1. The van der Waals surface area contributed by atoms with Gasteiger partial charge in [-0.15, -0.1) is 0 Å². The molecule has 1 aliphatic heterocycles. The van der Waals surface area contributed by atoms with Crippen molar-refractivity contribution in [3.8, 4) is 5.69 Å². The number of piperidine rings is 1. The van der Waals surface area contributed by atoms with Gasteiger partial charge in [0.2, 0.25) is 0 Å². The zero-order chi connectivity index (χ0) is 23.4. The quantitative estimate of drug-likeness (QED) is 0.446. The minimum absolute atomic E-state index is 0.0626. The molecule has 1 unspecified atom stereocenters. The molecule has 2 heterocycles. The first-order valence-corrected chi connectivity index (χ1v) is 12.4. The van der Waals surface area contributed by atoms with Gasteiger partial charge in [-0.05, 0) is 50.0 Å².